The van der Waals surface area contributed by atoms with Crippen LogP contribution in [0.1, 0.15) is 28.0 Å². The van der Waals surface area contributed by atoms with Crippen LogP contribution in [-0.4, -0.2) is 20.2 Å². The number of nitrogens with zero attached hydrogens (tertiary/aromatic N) is 3. The van der Waals surface area contributed by atoms with E-state index >= 15 is 0 Å². The average Bonchev–Trinajstić information content (AvgIpc) is 3.12. The minimum absolute atomic E-state index is 0.644. The van der Waals surface area contributed by atoms with Gasteiger partial charge in [-0.15, -0.1) is 16.4 Å². The highest BCUT2D eigenvalue weighted by Gasteiger charge is 2.09. The number of H-pyrrole nitrogens is 1. The Labute approximate surface area is 124 Å². The molecule has 0 radical (unpaired) electrons. The first-order valence-electron chi connectivity index (χ1n) is 6.20. The summed E-state index contributed by atoms with van der Waals surface area (Å²) < 4.78 is 5.53. The van der Waals surface area contributed by atoms with Crippen molar-refractivity contribution >= 4 is 23.1 Å². The van der Waals surface area contributed by atoms with Crippen molar-refractivity contribution in [1.29, 1.82) is 0 Å². The van der Waals surface area contributed by atoms with Gasteiger partial charge in [0, 0.05) is 11.3 Å². The minimum atomic E-state index is 0.644. The van der Waals surface area contributed by atoms with Crippen molar-refractivity contribution < 1.29 is 4.42 Å². The van der Waals surface area contributed by atoms with E-state index in [9.17, 15) is 0 Å². The Morgan fingerprint density at radius 3 is 2.95 bits per heavy atom. The average molecular weight is 306 g/mol. The van der Waals surface area contributed by atoms with Gasteiger partial charge in [0.15, 0.2) is 0 Å². The van der Waals surface area contributed by atoms with Crippen molar-refractivity contribution in [3.8, 4) is 0 Å². The summed E-state index contributed by atoms with van der Waals surface area (Å²) in [5.74, 6) is 3.11. The van der Waals surface area contributed by atoms with Gasteiger partial charge in [0.2, 0.25) is 11.0 Å². The number of rotatable bonds is 5. The minimum Gasteiger partial charge on any atom is -0.445 e. The van der Waals surface area contributed by atoms with E-state index in [1.54, 1.807) is 11.3 Å². The van der Waals surface area contributed by atoms with E-state index in [1.165, 1.54) is 16.6 Å². The van der Waals surface area contributed by atoms with Crippen LogP contribution in [0, 0.1) is 13.8 Å². The molecule has 0 fully saturated rings. The highest BCUT2D eigenvalue weighted by atomic mass is 32.2. The molecule has 1 N–H and O–H groups in total. The quantitative estimate of drug-likeness (QED) is 0.732. The predicted molar refractivity (Wildman–Crippen MR) is 79.0 cm³/mol. The maximum Gasteiger partial charge on any atom is 0.208 e. The first kappa shape index (κ1) is 13.4. The number of hydrogen-bond donors (Lipinski definition) is 1. The van der Waals surface area contributed by atoms with Gasteiger partial charge in [0.05, 0.1) is 11.4 Å². The maximum atomic E-state index is 5.53. The van der Waals surface area contributed by atoms with Crippen molar-refractivity contribution in [3.63, 3.8) is 0 Å². The van der Waals surface area contributed by atoms with E-state index in [0.717, 1.165) is 34.7 Å². The number of thiophene rings is 1. The molecule has 3 aromatic rings. The molecule has 3 heterocycles. The molecule has 0 aliphatic rings. The lowest BCUT2D eigenvalue weighted by atomic mass is 10.3. The number of aromatic nitrogens is 4. The molecule has 0 atom stereocenters. The summed E-state index contributed by atoms with van der Waals surface area (Å²) in [6.45, 7) is 3.86. The van der Waals surface area contributed by atoms with Crippen LogP contribution in [0.15, 0.2) is 27.1 Å². The Bertz CT molecular complexity index is 668. The summed E-state index contributed by atoms with van der Waals surface area (Å²) in [6, 6.07) is 4.14. The monoisotopic (exact) mass is 306 g/mol. The fraction of sp³-hybridized carbons (Fsp3) is 0.308. The predicted octanol–water partition coefficient (Wildman–Crippen LogP) is 3.35. The molecule has 0 aliphatic carbocycles. The lowest BCUT2D eigenvalue weighted by Crippen LogP contribution is -1.87. The number of oxazole rings is 1. The van der Waals surface area contributed by atoms with Gasteiger partial charge in [-0.05, 0) is 25.3 Å². The molecule has 0 aromatic carbocycles. The zero-order valence-corrected chi connectivity index (χ0v) is 12.8. The Morgan fingerprint density at radius 1 is 1.35 bits per heavy atom. The van der Waals surface area contributed by atoms with Crippen LogP contribution in [0.3, 0.4) is 0 Å². The van der Waals surface area contributed by atoms with E-state index < -0.39 is 0 Å². The molecule has 0 aliphatic heterocycles. The van der Waals surface area contributed by atoms with Crippen molar-refractivity contribution in [3.05, 3.63) is 45.6 Å². The molecular formula is C13H14N4OS2. The third kappa shape index (κ3) is 3.10. The molecule has 3 aromatic heterocycles. The Hall–Kier alpha value is -1.60. The molecule has 20 heavy (non-hydrogen) atoms. The maximum absolute atomic E-state index is 5.53. The van der Waals surface area contributed by atoms with E-state index in [-0.39, 0.29) is 0 Å². The van der Waals surface area contributed by atoms with Gasteiger partial charge in [0.1, 0.15) is 11.6 Å². The molecular weight excluding hydrogens is 292 g/mol. The zero-order valence-electron chi connectivity index (χ0n) is 11.2. The molecule has 0 saturated carbocycles. The summed E-state index contributed by atoms with van der Waals surface area (Å²) in [4.78, 5) is 10.1. The lowest BCUT2D eigenvalue weighted by molar-refractivity contribution is 0.489. The first-order valence-corrected chi connectivity index (χ1v) is 8.06. The molecule has 0 amide bonds. The normalized spacial score (nSPS) is 11.1. The van der Waals surface area contributed by atoms with Crippen molar-refractivity contribution in [2.24, 2.45) is 0 Å². The molecule has 104 valence electrons. The van der Waals surface area contributed by atoms with Crippen molar-refractivity contribution in [1.82, 2.24) is 20.2 Å². The Kier molecular flexibility index (Phi) is 3.88. The number of thioether (sulfide) groups is 1. The summed E-state index contributed by atoms with van der Waals surface area (Å²) in [6.07, 6.45) is 0.794. The van der Waals surface area contributed by atoms with Gasteiger partial charge in [-0.2, -0.15) is 0 Å². The van der Waals surface area contributed by atoms with Gasteiger partial charge >= 0.3 is 0 Å². The molecule has 0 saturated heterocycles. The summed E-state index contributed by atoms with van der Waals surface area (Å²) in [5, 5.41) is 9.96. The molecule has 5 nitrogen and oxygen atoms in total. The van der Waals surface area contributed by atoms with Gasteiger partial charge in [-0.25, -0.2) is 9.97 Å². The second kappa shape index (κ2) is 5.80. The fourth-order valence-electron chi connectivity index (χ4n) is 1.73. The van der Waals surface area contributed by atoms with Crippen LogP contribution < -0.4 is 0 Å². The standard InChI is InChI=1S/C13H14N4OS2/c1-8-9(2)18-12(14-8)7-20-13-15-11(16-17-13)6-10-4-3-5-19-10/h3-5H,6-7H2,1-2H3,(H,15,16,17). The van der Waals surface area contributed by atoms with Crippen LogP contribution in [-0.2, 0) is 12.2 Å². The molecule has 7 heteroatoms. The number of aromatic amines is 1. The third-order valence-corrected chi connectivity index (χ3v) is 4.54. The van der Waals surface area contributed by atoms with E-state index in [2.05, 4.69) is 31.6 Å². The first-order chi connectivity index (χ1) is 9.70. The zero-order chi connectivity index (χ0) is 13.9. The van der Waals surface area contributed by atoms with E-state index in [0.29, 0.717) is 5.75 Å². The number of aryl methyl sites for hydroxylation is 2. The van der Waals surface area contributed by atoms with E-state index in [1.807, 2.05) is 19.9 Å². The second-order valence-corrected chi connectivity index (χ2v) is 6.33. The molecule has 0 unspecified atom stereocenters. The highest BCUT2D eigenvalue weighted by Crippen LogP contribution is 2.21. The third-order valence-electron chi connectivity index (χ3n) is 2.83. The largest absolute Gasteiger partial charge is 0.445 e. The summed E-state index contributed by atoms with van der Waals surface area (Å²) in [5.41, 5.74) is 0.939. The smallest absolute Gasteiger partial charge is 0.208 e. The second-order valence-electron chi connectivity index (χ2n) is 4.36. The van der Waals surface area contributed by atoms with Crippen LogP contribution in [0.4, 0.5) is 0 Å². The Balaban J connectivity index is 1.59. The van der Waals surface area contributed by atoms with Crippen molar-refractivity contribution in [2.75, 3.05) is 0 Å². The fourth-order valence-corrected chi connectivity index (χ4v) is 3.10. The number of nitrogens with one attached hydrogen (secondary N) is 1. The van der Waals surface area contributed by atoms with E-state index in [4.69, 9.17) is 4.42 Å². The van der Waals surface area contributed by atoms with Crippen LogP contribution in [0.25, 0.3) is 0 Å². The molecule has 0 bridgehead atoms. The topological polar surface area (TPSA) is 67.6 Å². The van der Waals surface area contributed by atoms with Gasteiger partial charge in [0.25, 0.3) is 0 Å². The highest BCUT2D eigenvalue weighted by molar-refractivity contribution is 7.98. The van der Waals surface area contributed by atoms with Crippen LogP contribution >= 0.6 is 23.1 Å². The van der Waals surface area contributed by atoms with Gasteiger partial charge < -0.3 is 4.42 Å². The summed E-state index contributed by atoms with van der Waals surface area (Å²) >= 11 is 3.24. The van der Waals surface area contributed by atoms with Gasteiger partial charge in [-0.1, -0.05) is 17.8 Å². The Morgan fingerprint density at radius 2 is 2.25 bits per heavy atom. The van der Waals surface area contributed by atoms with Crippen LogP contribution in [0.2, 0.25) is 0 Å². The van der Waals surface area contributed by atoms with Gasteiger partial charge in [-0.3, -0.25) is 5.10 Å². The summed E-state index contributed by atoms with van der Waals surface area (Å²) in [7, 11) is 0. The SMILES string of the molecule is Cc1nc(CSc2n[nH]c(Cc3cccs3)n2)oc1C. The molecule has 0 spiro atoms. The number of hydrogen-bond acceptors (Lipinski definition) is 6. The molecule has 3 rings (SSSR count). The van der Waals surface area contributed by atoms with Crippen LogP contribution in [0.5, 0.6) is 0 Å². The van der Waals surface area contributed by atoms with Crippen molar-refractivity contribution in [2.45, 2.75) is 31.2 Å². The lowest BCUT2D eigenvalue weighted by Gasteiger charge is -1.91.